The van der Waals surface area contributed by atoms with Crippen LogP contribution in [0.1, 0.15) is 0 Å². The molecule has 2 aromatic rings. The molecule has 2 N–H and O–H groups in total. The summed E-state index contributed by atoms with van der Waals surface area (Å²) in [7, 11) is 3.25. The number of methoxy groups -OCH3 is 1. The number of carbonyl (C=O) groups is 2. The molecule has 7 heteroatoms. The Morgan fingerprint density at radius 3 is 2.40 bits per heavy atom. The van der Waals surface area contributed by atoms with Gasteiger partial charge in [0.25, 0.3) is 0 Å². The van der Waals surface area contributed by atoms with E-state index in [9.17, 15) is 9.59 Å². The van der Waals surface area contributed by atoms with Crippen LogP contribution in [0.3, 0.4) is 0 Å². The van der Waals surface area contributed by atoms with Crippen molar-refractivity contribution in [1.82, 2.24) is 4.90 Å². The van der Waals surface area contributed by atoms with Crippen LogP contribution in [0.4, 0.5) is 11.4 Å². The van der Waals surface area contributed by atoms with E-state index in [1.807, 2.05) is 0 Å². The molecule has 6 nitrogen and oxygen atoms in total. The number of anilines is 2. The maximum absolute atomic E-state index is 12.1. The number of nitrogens with zero attached hydrogens (tertiary/aromatic N) is 1. The number of benzene rings is 2. The molecule has 0 saturated heterocycles. The minimum Gasteiger partial charge on any atom is -0.497 e. The molecule has 132 valence electrons. The van der Waals surface area contributed by atoms with Gasteiger partial charge in [-0.3, -0.25) is 14.5 Å². The molecule has 0 aromatic heterocycles. The summed E-state index contributed by atoms with van der Waals surface area (Å²) in [6.45, 7) is 0.143. The SMILES string of the molecule is COc1cccc(NC(=O)CN(C)CC(=O)Nc2ccccc2Cl)c1. The smallest absolute Gasteiger partial charge is 0.238 e. The fourth-order valence-electron chi connectivity index (χ4n) is 2.20. The van der Waals surface area contributed by atoms with Crippen molar-refractivity contribution in [2.45, 2.75) is 0 Å². The van der Waals surface area contributed by atoms with Crippen molar-refractivity contribution in [1.29, 1.82) is 0 Å². The predicted molar refractivity (Wildman–Crippen MR) is 99.2 cm³/mol. The quantitative estimate of drug-likeness (QED) is 0.795. The number of hydrogen-bond acceptors (Lipinski definition) is 4. The number of likely N-dealkylation sites (N-methyl/N-ethyl adjacent to an activating group) is 1. The Bertz CT molecular complexity index is 752. The molecule has 0 fully saturated rings. The summed E-state index contributed by atoms with van der Waals surface area (Å²) in [5, 5.41) is 5.95. The summed E-state index contributed by atoms with van der Waals surface area (Å²) >= 11 is 6.00. The average Bonchev–Trinajstić information content (AvgIpc) is 2.56. The summed E-state index contributed by atoms with van der Waals surface area (Å²) in [5.41, 5.74) is 1.18. The lowest BCUT2D eigenvalue weighted by atomic mass is 10.3. The zero-order valence-corrected chi connectivity index (χ0v) is 14.8. The molecule has 0 bridgehead atoms. The van der Waals surface area contributed by atoms with E-state index in [1.54, 1.807) is 67.6 Å². The van der Waals surface area contributed by atoms with Gasteiger partial charge in [0.1, 0.15) is 5.75 Å². The Morgan fingerprint density at radius 2 is 1.72 bits per heavy atom. The zero-order valence-electron chi connectivity index (χ0n) is 14.1. The maximum atomic E-state index is 12.1. The molecule has 25 heavy (non-hydrogen) atoms. The van der Waals surface area contributed by atoms with E-state index in [2.05, 4.69) is 10.6 Å². The number of carbonyl (C=O) groups excluding carboxylic acids is 2. The van der Waals surface area contributed by atoms with Gasteiger partial charge in [0, 0.05) is 11.8 Å². The number of hydrogen-bond donors (Lipinski definition) is 2. The Hall–Kier alpha value is -2.57. The van der Waals surface area contributed by atoms with Crippen LogP contribution in [-0.2, 0) is 9.59 Å². The van der Waals surface area contributed by atoms with Crippen LogP contribution < -0.4 is 15.4 Å². The predicted octanol–water partition coefficient (Wildman–Crippen LogP) is 2.86. The van der Waals surface area contributed by atoms with Gasteiger partial charge in [0.05, 0.1) is 30.9 Å². The normalized spacial score (nSPS) is 10.4. The molecule has 0 saturated carbocycles. The van der Waals surface area contributed by atoms with E-state index >= 15 is 0 Å². The molecule has 2 aromatic carbocycles. The fourth-order valence-corrected chi connectivity index (χ4v) is 2.38. The second kappa shape index (κ2) is 9.05. The lowest BCUT2D eigenvalue weighted by molar-refractivity contribution is -0.119. The third-order valence-electron chi connectivity index (χ3n) is 3.33. The molecule has 2 amide bonds. The molecule has 0 atom stereocenters. The van der Waals surface area contributed by atoms with Crippen molar-refractivity contribution in [3.05, 3.63) is 53.6 Å². The number of rotatable bonds is 7. The number of para-hydroxylation sites is 1. The van der Waals surface area contributed by atoms with Crippen molar-refractivity contribution < 1.29 is 14.3 Å². The molecule has 0 radical (unpaired) electrons. The first-order valence-corrected chi connectivity index (χ1v) is 8.02. The van der Waals surface area contributed by atoms with E-state index in [-0.39, 0.29) is 24.9 Å². The summed E-state index contributed by atoms with van der Waals surface area (Å²) in [6, 6.07) is 14.1. The lowest BCUT2D eigenvalue weighted by Gasteiger charge is -2.16. The minimum atomic E-state index is -0.246. The first-order chi connectivity index (χ1) is 12.0. The van der Waals surface area contributed by atoms with Gasteiger partial charge in [-0.1, -0.05) is 29.8 Å². The van der Waals surface area contributed by atoms with Crippen molar-refractivity contribution in [2.75, 3.05) is 37.9 Å². The van der Waals surface area contributed by atoms with Crippen molar-refractivity contribution in [3.8, 4) is 5.75 Å². The highest BCUT2D eigenvalue weighted by atomic mass is 35.5. The Balaban J connectivity index is 1.82. The number of nitrogens with one attached hydrogen (secondary N) is 2. The standard InChI is InChI=1S/C18H20ClN3O3/c1-22(12-18(24)21-16-9-4-3-8-15(16)19)11-17(23)20-13-6-5-7-14(10-13)25-2/h3-10H,11-12H2,1-2H3,(H,20,23)(H,21,24). The molecule has 0 aliphatic heterocycles. The highest BCUT2D eigenvalue weighted by Crippen LogP contribution is 2.20. The highest BCUT2D eigenvalue weighted by molar-refractivity contribution is 6.33. The molecular formula is C18H20ClN3O3. The van der Waals surface area contributed by atoms with E-state index < -0.39 is 0 Å². The summed E-state index contributed by atoms with van der Waals surface area (Å²) in [4.78, 5) is 25.7. The summed E-state index contributed by atoms with van der Waals surface area (Å²) < 4.78 is 5.11. The largest absolute Gasteiger partial charge is 0.497 e. The van der Waals surface area contributed by atoms with E-state index in [0.717, 1.165) is 0 Å². The van der Waals surface area contributed by atoms with Crippen LogP contribution in [0.2, 0.25) is 5.02 Å². The number of halogens is 1. The molecule has 0 unspecified atom stereocenters. The topological polar surface area (TPSA) is 70.7 Å². The molecule has 0 spiro atoms. The van der Waals surface area contributed by atoms with Crippen LogP contribution >= 0.6 is 11.6 Å². The van der Waals surface area contributed by atoms with Crippen molar-refractivity contribution >= 4 is 34.8 Å². The molecule has 0 heterocycles. The maximum Gasteiger partial charge on any atom is 0.238 e. The van der Waals surface area contributed by atoms with Gasteiger partial charge in [0.15, 0.2) is 0 Å². The van der Waals surface area contributed by atoms with E-state index in [4.69, 9.17) is 16.3 Å². The number of amides is 2. The molecular weight excluding hydrogens is 342 g/mol. The Kier molecular flexibility index (Phi) is 6.80. The van der Waals surface area contributed by atoms with Gasteiger partial charge in [-0.05, 0) is 31.3 Å². The van der Waals surface area contributed by atoms with Gasteiger partial charge in [-0.25, -0.2) is 0 Å². The number of ether oxygens (including phenoxy) is 1. The van der Waals surface area contributed by atoms with Crippen LogP contribution in [0, 0.1) is 0 Å². The van der Waals surface area contributed by atoms with Gasteiger partial charge < -0.3 is 15.4 Å². The average molecular weight is 362 g/mol. The third kappa shape index (κ3) is 6.10. The fraction of sp³-hybridized carbons (Fsp3) is 0.222. The van der Waals surface area contributed by atoms with Gasteiger partial charge >= 0.3 is 0 Å². The lowest BCUT2D eigenvalue weighted by Crippen LogP contribution is -2.36. The van der Waals surface area contributed by atoms with Crippen LogP contribution in [0.25, 0.3) is 0 Å². The summed E-state index contributed by atoms with van der Waals surface area (Å²) in [6.07, 6.45) is 0. The van der Waals surface area contributed by atoms with E-state index in [1.165, 1.54) is 0 Å². The van der Waals surface area contributed by atoms with Crippen molar-refractivity contribution in [2.24, 2.45) is 0 Å². The monoisotopic (exact) mass is 361 g/mol. The Morgan fingerprint density at radius 1 is 1.04 bits per heavy atom. The molecule has 0 aliphatic carbocycles. The van der Waals surface area contributed by atoms with Gasteiger partial charge in [-0.2, -0.15) is 0 Å². The first kappa shape index (κ1) is 18.8. The molecule has 2 rings (SSSR count). The second-order valence-corrected chi connectivity index (χ2v) is 5.89. The second-order valence-electron chi connectivity index (χ2n) is 5.48. The minimum absolute atomic E-state index is 0.0662. The van der Waals surface area contributed by atoms with E-state index in [0.29, 0.717) is 22.1 Å². The van der Waals surface area contributed by atoms with Crippen LogP contribution in [0.15, 0.2) is 48.5 Å². The van der Waals surface area contributed by atoms with Crippen LogP contribution in [-0.4, -0.2) is 44.0 Å². The highest BCUT2D eigenvalue weighted by Gasteiger charge is 2.12. The summed E-state index contributed by atoms with van der Waals surface area (Å²) in [5.74, 6) is 0.191. The third-order valence-corrected chi connectivity index (χ3v) is 3.66. The first-order valence-electron chi connectivity index (χ1n) is 7.65. The van der Waals surface area contributed by atoms with Gasteiger partial charge in [-0.15, -0.1) is 0 Å². The van der Waals surface area contributed by atoms with Gasteiger partial charge in [0.2, 0.25) is 11.8 Å². The zero-order chi connectivity index (χ0) is 18.2. The molecule has 0 aliphatic rings. The Labute approximate surface area is 151 Å². The van der Waals surface area contributed by atoms with Crippen LogP contribution in [0.5, 0.6) is 5.75 Å². The van der Waals surface area contributed by atoms with Crippen molar-refractivity contribution in [3.63, 3.8) is 0 Å².